The second-order valence-corrected chi connectivity index (χ2v) is 10.9. The van der Waals surface area contributed by atoms with Crippen molar-refractivity contribution in [2.75, 3.05) is 12.9 Å². The van der Waals surface area contributed by atoms with Crippen LogP contribution in [0.5, 0.6) is 0 Å². The van der Waals surface area contributed by atoms with E-state index in [1.807, 2.05) is 61.2 Å². The molecule has 0 unspecified atom stereocenters. The Labute approximate surface area is 223 Å². The van der Waals surface area contributed by atoms with Crippen molar-refractivity contribution >= 4 is 45.9 Å². The van der Waals surface area contributed by atoms with Crippen molar-refractivity contribution in [1.82, 2.24) is 4.57 Å². The molecule has 1 aromatic heterocycles. The van der Waals surface area contributed by atoms with E-state index in [0.29, 0.717) is 27.0 Å². The molecule has 4 aromatic rings. The lowest BCUT2D eigenvalue weighted by atomic mass is 9.95. The second-order valence-electron chi connectivity index (χ2n) is 8.75. The molecule has 188 valence electrons. The summed E-state index contributed by atoms with van der Waals surface area (Å²) in [4.78, 5) is 33.4. The summed E-state index contributed by atoms with van der Waals surface area (Å²) in [7, 11) is 1.36. The van der Waals surface area contributed by atoms with Gasteiger partial charge in [0.1, 0.15) is 0 Å². The molecule has 1 atom stereocenters. The summed E-state index contributed by atoms with van der Waals surface area (Å²) in [6.45, 7) is 4.14. The van der Waals surface area contributed by atoms with E-state index >= 15 is 0 Å². The second kappa shape index (κ2) is 10.9. The van der Waals surface area contributed by atoms with Gasteiger partial charge in [-0.25, -0.2) is 9.79 Å². The standard InChI is InChI=1S/C30H28N2O3S2/c1-4-17-36-24-16-15-20(21-13-9-10-14-22(21)24)18-25-28(33)32-27(19-11-7-6-8-12-19)26(29(34)35-3)23(5-2)31-30(32)37-25/h6-16,18,27H,4-5,17H2,1-3H3/b25-18-/t27-/m1/s1. The Bertz CT molecular complexity index is 1680. The van der Waals surface area contributed by atoms with E-state index < -0.39 is 12.0 Å². The summed E-state index contributed by atoms with van der Waals surface area (Å²) < 4.78 is 7.37. The highest BCUT2D eigenvalue weighted by Crippen LogP contribution is 2.33. The number of benzene rings is 3. The highest BCUT2D eigenvalue weighted by molar-refractivity contribution is 7.99. The van der Waals surface area contributed by atoms with E-state index in [1.54, 1.807) is 4.57 Å². The SMILES string of the molecule is CCCSc1ccc(/C=c2\sc3n(c2=O)[C@H](c2ccccc2)C(C(=O)OC)=C(CC)N=3)c2ccccc12. The van der Waals surface area contributed by atoms with Gasteiger partial charge in [0.05, 0.1) is 29.0 Å². The van der Waals surface area contributed by atoms with Crippen LogP contribution in [0.15, 0.2) is 92.7 Å². The summed E-state index contributed by atoms with van der Waals surface area (Å²) in [6.07, 6.45) is 3.62. The maximum atomic E-state index is 13.9. The molecule has 5 nitrogen and oxygen atoms in total. The number of rotatable bonds is 7. The van der Waals surface area contributed by atoms with Crippen LogP contribution in [0.25, 0.3) is 16.8 Å². The van der Waals surface area contributed by atoms with E-state index in [1.165, 1.54) is 28.7 Å². The number of ether oxygens (including phenoxy) is 1. The van der Waals surface area contributed by atoms with Gasteiger partial charge < -0.3 is 4.74 Å². The lowest BCUT2D eigenvalue weighted by Gasteiger charge is -2.25. The first-order valence-corrected chi connectivity index (χ1v) is 14.2. The number of aromatic nitrogens is 1. The molecule has 0 bridgehead atoms. The molecule has 0 saturated carbocycles. The predicted molar refractivity (Wildman–Crippen MR) is 152 cm³/mol. The van der Waals surface area contributed by atoms with Crippen LogP contribution in [-0.2, 0) is 9.53 Å². The van der Waals surface area contributed by atoms with Crippen LogP contribution in [0.3, 0.4) is 0 Å². The van der Waals surface area contributed by atoms with Gasteiger partial charge >= 0.3 is 5.97 Å². The maximum Gasteiger partial charge on any atom is 0.338 e. The van der Waals surface area contributed by atoms with Crippen LogP contribution in [-0.4, -0.2) is 23.4 Å². The first kappa shape index (κ1) is 25.2. The molecule has 1 aliphatic heterocycles. The van der Waals surface area contributed by atoms with Gasteiger partial charge in [0.25, 0.3) is 5.56 Å². The minimum absolute atomic E-state index is 0.164. The van der Waals surface area contributed by atoms with Crippen LogP contribution in [0, 0.1) is 0 Å². The number of thiazole rings is 1. The fourth-order valence-corrected chi connectivity index (χ4v) is 6.65. The molecule has 0 spiro atoms. The number of hydrogen-bond acceptors (Lipinski definition) is 6. The third-order valence-electron chi connectivity index (χ3n) is 6.43. The van der Waals surface area contributed by atoms with Gasteiger partial charge in [-0.3, -0.25) is 9.36 Å². The number of carbonyl (C=O) groups is 1. The molecule has 2 heterocycles. The average molecular weight is 529 g/mol. The Morgan fingerprint density at radius 1 is 1.05 bits per heavy atom. The Morgan fingerprint density at radius 3 is 2.49 bits per heavy atom. The minimum Gasteiger partial charge on any atom is -0.466 e. The third-order valence-corrected chi connectivity index (χ3v) is 8.69. The number of fused-ring (bicyclic) bond motifs is 2. The van der Waals surface area contributed by atoms with E-state index in [2.05, 4.69) is 37.3 Å². The van der Waals surface area contributed by atoms with Crippen molar-refractivity contribution in [2.45, 2.75) is 37.6 Å². The maximum absolute atomic E-state index is 13.9. The van der Waals surface area contributed by atoms with Gasteiger partial charge in [0.15, 0.2) is 4.80 Å². The molecule has 0 N–H and O–H groups in total. The summed E-state index contributed by atoms with van der Waals surface area (Å²) in [6, 6.07) is 21.6. The predicted octanol–water partition coefficient (Wildman–Crippen LogP) is 5.45. The zero-order chi connectivity index (χ0) is 25.9. The fourth-order valence-electron chi connectivity index (χ4n) is 4.71. The van der Waals surface area contributed by atoms with Crippen LogP contribution in [0.1, 0.15) is 43.9 Å². The highest BCUT2D eigenvalue weighted by atomic mass is 32.2. The molecule has 37 heavy (non-hydrogen) atoms. The van der Waals surface area contributed by atoms with Gasteiger partial charge in [0, 0.05) is 4.90 Å². The minimum atomic E-state index is -0.591. The van der Waals surface area contributed by atoms with Crippen LogP contribution in [0.4, 0.5) is 0 Å². The molecular weight excluding hydrogens is 500 g/mol. The van der Waals surface area contributed by atoms with E-state index in [4.69, 9.17) is 9.73 Å². The topological polar surface area (TPSA) is 60.7 Å². The number of esters is 1. The van der Waals surface area contributed by atoms with Crippen LogP contribution >= 0.6 is 23.1 Å². The van der Waals surface area contributed by atoms with Crippen molar-refractivity contribution in [3.63, 3.8) is 0 Å². The first-order valence-electron chi connectivity index (χ1n) is 12.4. The summed E-state index contributed by atoms with van der Waals surface area (Å²) in [5.74, 6) is 0.596. The third kappa shape index (κ3) is 4.69. The number of methoxy groups -OCH3 is 1. The Morgan fingerprint density at radius 2 is 1.78 bits per heavy atom. The molecule has 1 aliphatic rings. The van der Waals surface area contributed by atoms with E-state index in [-0.39, 0.29) is 5.56 Å². The molecule has 0 aliphatic carbocycles. The Kier molecular flexibility index (Phi) is 7.44. The van der Waals surface area contributed by atoms with Gasteiger partial charge in [-0.2, -0.15) is 0 Å². The summed E-state index contributed by atoms with van der Waals surface area (Å²) in [5.41, 5.74) is 2.73. The largest absolute Gasteiger partial charge is 0.466 e. The average Bonchev–Trinajstić information content (AvgIpc) is 3.25. The molecule has 0 amide bonds. The monoisotopic (exact) mass is 528 g/mol. The molecule has 5 rings (SSSR count). The molecule has 0 radical (unpaired) electrons. The lowest BCUT2D eigenvalue weighted by Crippen LogP contribution is -2.40. The Hall–Kier alpha value is -3.42. The lowest BCUT2D eigenvalue weighted by molar-refractivity contribution is -0.136. The van der Waals surface area contributed by atoms with Crippen molar-refractivity contribution in [2.24, 2.45) is 4.99 Å². The molecular formula is C30H28N2O3S2. The van der Waals surface area contributed by atoms with Crippen molar-refractivity contribution in [3.8, 4) is 0 Å². The van der Waals surface area contributed by atoms with Crippen LogP contribution in [0.2, 0.25) is 0 Å². The Balaban J connectivity index is 1.73. The van der Waals surface area contributed by atoms with Crippen molar-refractivity contribution in [1.29, 1.82) is 0 Å². The zero-order valence-corrected chi connectivity index (χ0v) is 22.7. The normalized spacial score (nSPS) is 15.5. The first-order chi connectivity index (χ1) is 18.1. The van der Waals surface area contributed by atoms with Gasteiger partial charge in [0.2, 0.25) is 0 Å². The summed E-state index contributed by atoms with van der Waals surface area (Å²) >= 11 is 3.21. The zero-order valence-electron chi connectivity index (χ0n) is 21.1. The van der Waals surface area contributed by atoms with Crippen molar-refractivity contribution < 1.29 is 9.53 Å². The van der Waals surface area contributed by atoms with Crippen molar-refractivity contribution in [3.05, 3.63) is 109 Å². The van der Waals surface area contributed by atoms with Gasteiger partial charge in [-0.1, -0.05) is 85.8 Å². The van der Waals surface area contributed by atoms with E-state index in [9.17, 15) is 9.59 Å². The number of nitrogens with zero attached hydrogens (tertiary/aromatic N) is 2. The number of hydrogen-bond donors (Lipinski definition) is 0. The molecule has 7 heteroatoms. The number of allylic oxidation sites excluding steroid dienone is 1. The smallest absolute Gasteiger partial charge is 0.338 e. The van der Waals surface area contributed by atoms with Gasteiger partial charge in [-0.05, 0) is 52.6 Å². The number of thioether (sulfide) groups is 1. The highest BCUT2D eigenvalue weighted by Gasteiger charge is 2.33. The number of carbonyl (C=O) groups excluding carboxylic acids is 1. The molecule has 0 fully saturated rings. The fraction of sp³-hybridized carbons (Fsp3) is 0.233. The van der Waals surface area contributed by atoms with Crippen LogP contribution < -0.4 is 14.9 Å². The molecule has 0 saturated heterocycles. The summed E-state index contributed by atoms with van der Waals surface area (Å²) in [5, 5.41) is 2.30. The van der Waals surface area contributed by atoms with Gasteiger partial charge in [-0.15, -0.1) is 11.8 Å². The van der Waals surface area contributed by atoms with E-state index in [0.717, 1.165) is 28.7 Å². The molecule has 3 aromatic carbocycles. The quantitative estimate of drug-likeness (QED) is 0.236.